The number of aryl methyl sites for hydroxylation is 1. The monoisotopic (exact) mass is 317 g/mol. The number of hydrogen-bond acceptors (Lipinski definition) is 3. The second-order valence-corrected chi connectivity index (χ2v) is 6.37. The molecule has 0 aliphatic heterocycles. The van der Waals surface area contributed by atoms with E-state index in [0.717, 1.165) is 17.7 Å². The van der Waals surface area contributed by atoms with Crippen LogP contribution in [0.4, 0.5) is 11.4 Å². The van der Waals surface area contributed by atoms with E-state index in [1.165, 1.54) is 32.1 Å². The van der Waals surface area contributed by atoms with Crippen LogP contribution < -0.4 is 16.4 Å². The van der Waals surface area contributed by atoms with Crippen LogP contribution in [0.1, 0.15) is 50.5 Å². The lowest BCUT2D eigenvalue weighted by Gasteiger charge is -2.21. The van der Waals surface area contributed by atoms with Crippen LogP contribution >= 0.6 is 0 Å². The summed E-state index contributed by atoms with van der Waals surface area (Å²) in [6.45, 7) is 1.87. The molecule has 1 aromatic carbocycles. The molecule has 126 valence electrons. The Hall–Kier alpha value is -1.88. The van der Waals surface area contributed by atoms with Gasteiger partial charge in [0.05, 0.1) is 6.54 Å². The van der Waals surface area contributed by atoms with Crippen molar-refractivity contribution in [3.05, 3.63) is 23.8 Å². The van der Waals surface area contributed by atoms with Gasteiger partial charge in [-0.1, -0.05) is 32.1 Å². The molecule has 4 N–H and O–H groups in total. The molecule has 1 aromatic rings. The van der Waals surface area contributed by atoms with Gasteiger partial charge in [-0.15, -0.1) is 0 Å². The number of anilines is 2. The predicted octanol–water partition coefficient (Wildman–Crippen LogP) is 3.19. The first-order chi connectivity index (χ1) is 11.1. The average molecular weight is 317 g/mol. The minimum Gasteiger partial charge on any atom is -0.326 e. The van der Waals surface area contributed by atoms with Crippen molar-refractivity contribution >= 4 is 23.2 Å². The highest BCUT2D eigenvalue weighted by molar-refractivity contribution is 5.94. The number of carbonyl (C=O) groups excluding carboxylic acids is 2. The van der Waals surface area contributed by atoms with Crippen molar-refractivity contribution in [2.75, 3.05) is 17.2 Å². The van der Waals surface area contributed by atoms with Gasteiger partial charge in [0.15, 0.2) is 0 Å². The Kier molecular flexibility index (Phi) is 6.59. The quantitative estimate of drug-likeness (QED) is 0.753. The highest BCUT2D eigenvalue weighted by Gasteiger charge is 2.15. The van der Waals surface area contributed by atoms with Gasteiger partial charge in [0, 0.05) is 17.8 Å². The minimum absolute atomic E-state index is 0.0430. The van der Waals surface area contributed by atoms with E-state index in [1.54, 1.807) is 6.07 Å². The zero-order chi connectivity index (χ0) is 16.7. The lowest BCUT2D eigenvalue weighted by Crippen LogP contribution is -2.22. The number of carbonyl (C=O) groups is 2. The topological polar surface area (TPSA) is 84.2 Å². The molecule has 0 radical (unpaired) electrons. The van der Waals surface area contributed by atoms with Crippen molar-refractivity contribution in [3.63, 3.8) is 0 Å². The molecule has 1 saturated carbocycles. The maximum Gasteiger partial charge on any atom is 0.238 e. The van der Waals surface area contributed by atoms with Crippen LogP contribution in [-0.4, -0.2) is 18.4 Å². The zero-order valence-corrected chi connectivity index (χ0v) is 13.9. The molecule has 0 unspecified atom stereocenters. The maximum atomic E-state index is 12.1. The third-order valence-corrected chi connectivity index (χ3v) is 4.47. The second-order valence-electron chi connectivity index (χ2n) is 6.37. The standard InChI is InChI=1S/C18H27N3O2/c1-13-11-15(20-18(23)12-19)8-9-16(13)21-17(22)10-7-14-5-3-2-4-6-14/h8-9,11,14H,2-7,10,12,19H2,1H3,(H,20,23)(H,21,22). The van der Waals surface area contributed by atoms with Crippen LogP contribution in [0.5, 0.6) is 0 Å². The molecular formula is C18H27N3O2. The van der Waals surface area contributed by atoms with Crippen molar-refractivity contribution in [1.29, 1.82) is 0 Å². The molecule has 1 aliphatic rings. The molecule has 2 rings (SSSR count). The van der Waals surface area contributed by atoms with Gasteiger partial charge in [-0.25, -0.2) is 0 Å². The fraction of sp³-hybridized carbons (Fsp3) is 0.556. The number of nitrogens with one attached hydrogen (secondary N) is 2. The Morgan fingerprint density at radius 2 is 1.87 bits per heavy atom. The van der Waals surface area contributed by atoms with E-state index >= 15 is 0 Å². The molecule has 0 atom stereocenters. The van der Waals surface area contributed by atoms with E-state index in [2.05, 4.69) is 10.6 Å². The molecule has 1 aliphatic carbocycles. The molecule has 23 heavy (non-hydrogen) atoms. The highest BCUT2D eigenvalue weighted by atomic mass is 16.2. The fourth-order valence-corrected chi connectivity index (χ4v) is 3.12. The summed E-state index contributed by atoms with van der Waals surface area (Å²) in [7, 11) is 0. The van der Waals surface area contributed by atoms with E-state index in [-0.39, 0.29) is 18.4 Å². The number of nitrogens with two attached hydrogens (primary N) is 1. The Labute approximate surface area is 138 Å². The summed E-state index contributed by atoms with van der Waals surface area (Å²) in [5.41, 5.74) is 7.69. The SMILES string of the molecule is Cc1cc(NC(=O)CN)ccc1NC(=O)CCC1CCCCC1. The Morgan fingerprint density at radius 3 is 2.52 bits per heavy atom. The molecule has 0 bridgehead atoms. The van der Waals surface area contributed by atoms with Crippen LogP contribution in [0.15, 0.2) is 18.2 Å². The Bertz CT molecular complexity index is 551. The number of benzene rings is 1. The van der Waals surface area contributed by atoms with Crippen molar-refractivity contribution in [2.45, 2.75) is 51.9 Å². The Morgan fingerprint density at radius 1 is 1.13 bits per heavy atom. The lowest BCUT2D eigenvalue weighted by molar-refractivity contribution is -0.116. The van der Waals surface area contributed by atoms with E-state index in [4.69, 9.17) is 5.73 Å². The van der Waals surface area contributed by atoms with Gasteiger partial charge in [0.25, 0.3) is 0 Å². The molecule has 1 fully saturated rings. The molecule has 0 heterocycles. The predicted molar refractivity (Wildman–Crippen MR) is 93.3 cm³/mol. The van der Waals surface area contributed by atoms with Crippen molar-refractivity contribution in [1.82, 2.24) is 0 Å². The third kappa shape index (κ3) is 5.67. The number of hydrogen-bond donors (Lipinski definition) is 3. The molecule has 0 spiro atoms. The van der Waals surface area contributed by atoms with Crippen molar-refractivity contribution in [3.8, 4) is 0 Å². The van der Waals surface area contributed by atoms with E-state index < -0.39 is 0 Å². The first-order valence-electron chi connectivity index (χ1n) is 8.49. The van der Waals surface area contributed by atoms with Gasteiger partial charge in [-0.2, -0.15) is 0 Å². The van der Waals surface area contributed by atoms with E-state index in [9.17, 15) is 9.59 Å². The molecule has 2 amide bonds. The summed E-state index contributed by atoms with van der Waals surface area (Å²) >= 11 is 0. The van der Waals surface area contributed by atoms with Crippen LogP contribution in [0.2, 0.25) is 0 Å². The molecule has 0 saturated heterocycles. The fourth-order valence-electron chi connectivity index (χ4n) is 3.12. The summed E-state index contributed by atoms with van der Waals surface area (Å²) < 4.78 is 0. The average Bonchev–Trinajstić information content (AvgIpc) is 2.56. The Balaban J connectivity index is 1.84. The lowest BCUT2D eigenvalue weighted by atomic mass is 9.86. The van der Waals surface area contributed by atoms with Gasteiger partial charge in [-0.05, 0) is 43.0 Å². The molecule has 5 nitrogen and oxygen atoms in total. The smallest absolute Gasteiger partial charge is 0.238 e. The normalized spacial score (nSPS) is 15.2. The van der Waals surface area contributed by atoms with Gasteiger partial charge in [0.1, 0.15) is 0 Å². The zero-order valence-electron chi connectivity index (χ0n) is 13.9. The van der Waals surface area contributed by atoms with Crippen LogP contribution in [0.3, 0.4) is 0 Å². The summed E-state index contributed by atoms with van der Waals surface area (Å²) in [6.07, 6.45) is 8.05. The number of rotatable bonds is 6. The third-order valence-electron chi connectivity index (χ3n) is 4.47. The summed E-state index contributed by atoms with van der Waals surface area (Å²) in [5.74, 6) is 0.551. The first kappa shape index (κ1) is 17.5. The highest BCUT2D eigenvalue weighted by Crippen LogP contribution is 2.27. The van der Waals surface area contributed by atoms with E-state index in [1.807, 2.05) is 19.1 Å². The molecule has 0 aromatic heterocycles. The summed E-state index contributed by atoms with van der Waals surface area (Å²) in [6, 6.07) is 5.43. The van der Waals surface area contributed by atoms with Gasteiger partial charge in [-0.3, -0.25) is 9.59 Å². The van der Waals surface area contributed by atoms with Crippen molar-refractivity contribution in [2.24, 2.45) is 11.7 Å². The number of amides is 2. The van der Waals surface area contributed by atoms with Crippen molar-refractivity contribution < 1.29 is 9.59 Å². The van der Waals surface area contributed by atoms with Crippen LogP contribution in [0.25, 0.3) is 0 Å². The largest absolute Gasteiger partial charge is 0.326 e. The first-order valence-corrected chi connectivity index (χ1v) is 8.49. The van der Waals surface area contributed by atoms with Gasteiger partial charge in [0.2, 0.25) is 11.8 Å². The van der Waals surface area contributed by atoms with Gasteiger partial charge < -0.3 is 16.4 Å². The summed E-state index contributed by atoms with van der Waals surface area (Å²) in [4.78, 5) is 23.4. The van der Waals surface area contributed by atoms with Crippen LogP contribution in [0, 0.1) is 12.8 Å². The van der Waals surface area contributed by atoms with E-state index in [0.29, 0.717) is 18.0 Å². The summed E-state index contributed by atoms with van der Waals surface area (Å²) in [5, 5.41) is 5.67. The minimum atomic E-state index is -0.228. The maximum absolute atomic E-state index is 12.1. The van der Waals surface area contributed by atoms with Crippen LogP contribution in [-0.2, 0) is 9.59 Å². The van der Waals surface area contributed by atoms with Gasteiger partial charge >= 0.3 is 0 Å². The molecule has 5 heteroatoms. The molecular weight excluding hydrogens is 290 g/mol. The second kappa shape index (κ2) is 8.67.